The zero-order valence-corrected chi connectivity index (χ0v) is 13.3. The van der Waals surface area contributed by atoms with E-state index in [1.807, 2.05) is 0 Å². The van der Waals surface area contributed by atoms with Gasteiger partial charge in [-0.3, -0.25) is 0 Å². The van der Waals surface area contributed by atoms with Gasteiger partial charge < -0.3 is 5.73 Å². The normalized spacial score (nSPS) is 13.0. The number of nitrogens with two attached hydrogens (primary N) is 1. The van der Waals surface area contributed by atoms with Crippen molar-refractivity contribution in [2.75, 3.05) is 0 Å². The molecular weight excluding hydrogens is 306 g/mol. The van der Waals surface area contributed by atoms with Crippen molar-refractivity contribution in [3.63, 3.8) is 0 Å². The van der Waals surface area contributed by atoms with Crippen molar-refractivity contribution < 1.29 is 0 Å². The molecule has 0 saturated heterocycles. The summed E-state index contributed by atoms with van der Waals surface area (Å²) >= 11 is 5.38. The van der Waals surface area contributed by atoms with E-state index in [0.29, 0.717) is 5.92 Å². The number of thiophene rings is 1. The number of hydrogen-bond donors (Lipinski definition) is 1. The van der Waals surface area contributed by atoms with Crippen LogP contribution in [0.15, 0.2) is 34.8 Å². The summed E-state index contributed by atoms with van der Waals surface area (Å²) in [5.74, 6) is 0.472. The van der Waals surface area contributed by atoms with Gasteiger partial charge in [0.05, 0.1) is 0 Å². The highest BCUT2D eigenvalue weighted by atomic mass is 79.9. The Kier molecular flexibility index (Phi) is 4.25. The Morgan fingerprint density at radius 1 is 1.17 bits per heavy atom. The first-order chi connectivity index (χ1) is 8.50. The minimum Gasteiger partial charge on any atom is -0.323 e. The van der Waals surface area contributed by atoms with Crippen LogP contribution in [0.4, 0.5) is 0 Å². The number of rotatable bonds is 3. The third-order valence-corrected chi connectivity index (χ3v) is 5.29. The maximum Gasteiger partial charge on any atom is 0.0413 e. The molecule has 0 saturated carbocycles. The van der Waals surface area contributed by atoms with Crippen LogP contribution >= 0.6 is 27.3 Å². The molecule has 0 bridgehead atoms. The number of benzene rings is 1. The fourth-order valence-electron chi connectivity index (χ4n) is 1.88. The SMILES string of the molecule is Cc1c(Br)cccc1-c1ccc(C(N)C(C)C)s1. The molecule has 3 heteroatoms. The number of halogens is 1. The van der Waals surface area contributed by atoms with E-state index in [9.17, 15) is 0 Å². The second-order valence-corrected chi connectivity index (χ2v) is 6.85. The van der Waals surface area contributed by atoms with E-state index in [1.165, 1.54) is 20.9 Å². The molecule has 0 fully saturated rings. The molecule has 1 unspecified atom stereocenters. The molecule has 0 aliphatic heterocycles. The van der Waals surface area contributed by atoms with E-state index in [0.717, 1.165) is 4.47 Å². The quantitative estimate of drug-likeness (QED) is 0.831. The summed E-state index contributed by atoms with van der Waals surface area (Å²) in [5.41, 5.74) is 8.77. The lowest BCUT2D eigenvalue weighted by Gasteiger charge is -2.13. The van der Waals surface area contributed by atoms with E-state index in [-0.39, 0.29) is 6.04 Å². The lowest BCUT2D eigenvalue weighted by Crippen LogP contribution is -2.14. The van der Waals surface area contributed by atoms with E-state index >= 15 is 0 Å². The van der Waals surface area contributed by atoms with Crippen molar-refractivity contribution in [1.82, 2.24) is 0 Å². The molecule has 0 spiro atoms. The van der Waals surface area contributed by atoms with E-state index in [4.69, 9.17) is 5.73 Å². The first-order valence-electron chi connectivity index (χ1n) is 6.11. The molecule has 2 aromatic rings. The highest BCUT2D eigenvalue weighted by Gasteiger charge is 2.14. The fourth-order valence-corrected chi connectivity index (χ4v) is 3.51. The molecule has 1 aromatic carbocycles. The van der Waals surface area contributed by atoms with Gasteiger partial charge in [-0.2, -0.15) is 0 Å². The standard InChI is InChI=1S/C15H18BrNS/c1-9(2)15(17)14-8-7-13(18-14)11-5-4-6-12(16)10(11)3/h4-9,15H,17H2,1-3H3. The van der Waals surface area contributed by atoms with E-state index < -0.39 is 0 Å². The lowest BCUT2D eigenvalue weighted by atomic mass is 10.0. The summed E-state index contributed by atoms with van der Waals surface area (Å²) in [6.07, 6.45) is 0. The number of hydrogen-bond acceptors (Lipinski definition) is 2. The third-order valence-electron chi connectivity index (χ3n) is 3.21. The van der Waals surface area contributed by atoms with Crippen molar-refractivity contribution in [2.24, 2.45) is 11.7 Å². The van der Waals surface area contributed by atoms with Crippen LogP contribution in [0.1, 0.15) is 30.3 Å². The second kappa shape index (κ2) is 5.55. The smallest absolute Gasteiger partial charge is 0.0413 e. The van der Waals surface area contributed by atoms with Crippen LogP contribution in [0.5, 0.6) is 0 Å². The van der Waals surface area contributed by atoms with Gasteiger partial charge in [0.1, 0.15) is 0 Å². The Bertz CT molecular complexity index is 545. The average molecular weight is 324 g/mol. The molecule has 2 N–H and O–H groups in total. The summed E-state index contributed by atoms with van der Waals surface area (Å²) in [6, 6.07) is 10.8. The Labute approximate surface area is 121 Å². The average Bonchev–Trinajstić information content (AvgIpc) is 2.80. The van der Waals surface area contributed by atoms with Crippen LogP contribution in [0.25, 0.3) is 10.4 Å². The van der Waals surface area contributed by atoms with Gasteiger partial charge in [-0.25, -0.2) is 0 Å². The Hall–Kier alpha value is -0.640. The second-order valence-electron chi connectivity index (χ2n) is 4.88. The molecule has 1 aromatic heterocycles. The van der Waals surface area contributed by atoms with Gasteiger partial charge in [-0.05, 0) is 42.2 Å². The van der Waals surface area contributed by atoms with Crippen molar-refractivity contribution in [3.8, 4) is 10.4 Å². The molecule has 96 valence electrons. The topological polar surface area (TPSA) is 26.0 Å². The van der Waals surface area contributed by atoms with Crippen LogP contribution in [0.2, 0.25) is 0 Å². The molecule has 1 heterocycles. The summed E-state index contributed by atoms with van der Waals surface area (Å²) in [4.78, 5) is 2.55. The van der Waals surface area contributed by atoms with Gasteiger partial charge in [-0.15, -0.1) is 11.3 Å². The monoisotopic (exact) mass is 323 g/mol. The van der Waals surface area contributed by atoms with Crippen LogP contribution in [0, 0.1) is 12.8 Å². The van der Waals surface area contributed by atoms with Crippen molar-refractivity contribution in [2.45, 2.75) is 26.8 Å². The van der Waals surface area contributed by atoms with Gasteiger partial charge >= 0.3 is 0 Å². The fraction of sp³-hybridized carbons (Fsp3) is 0.333. The first kappa shape index (κ1) is 13.8. The minimum absolute atomic E-state index is 0.135. The van der Waals surface area contributed by atoms with Gasteiger partial charge in [-0.1, -0.05) is 41.9 Å². The zero-order valence-electron chi connectivity index (χ0n) is 10.9. The van der Waals surface area contributed by atoms with Crippen LogP contribution in [-0.2, 0) is 0 Å². The minimum atomic E-state index is 0.135. The van der Waals surface area contributed by atoms with Gasteiger partial charge in [0.2, 0.25) is 0 Å². The Balaban J connectivity index is 2.38. The summed E-state index contributed by atoms with van der Waals surface area (Å²) < 4.78 is 1.16. The van der Waals surface area contributed by atoms with E-state index in [2.05, 4.69) is 67.0 Å². The third kappa shape index (κ3) is 2.68. The summed E-state index contributed by atoms with van der Waals surface area (Å²) in [7, 11) is 0. The predicted octanol–water partition coefficient (Wildman–Crippen LogP) is 5.14. The molecule has 0 radical (unpaired) electrons. The van der Waals surface area contributed by atoms with Gasteiger partial charge in [0, 0.05) is 20.3 Å². The molecule has 18 heavy (non-hydrogen) atoms. The largest absolute Gasteiger partial charge is 0.323 e. The molecule has 1 nitrogen and oxygen atoms in total. The Morgan fingerprint density at radius 3 is 2.56 bits per heavy atom. The Morgan fingerprint density at radius 2 is 1.89 bits per heavy atom. The highest BCUT2D eigenvalue weighted by Crippen LogP contribution is 2.36. The zero-order chi connectivity index (χ0) is 13.3. The van der Waals surface area contributed by atoms with Gasteiger partial charge in [0.15, 0.2) is 0 Å². The van der Waals surface area contributed by atoms with Crippen molar-refractivity contribution in [3.05, 3.63) is 45.2 Å². The van der Waals surface area contributed by atoms with Crippen LogP contribution < -0.4 is 5.73 Å². The van der Waals surface area contributed by atoms with Crippen molar-refractivity contribution >= 4 is 27.3 Å². The molecule has 1 atom stereocenters. The summed E-state index contributed by atoms with van der Waals surface area (Å²) in [5, 5.41) is 0. The molecule has 0 amide bonds. The molecule has 0 aliphatic rings. The van der Waals surface area contributed by atoms with E-state index in [1.54, 1.807) is 11.3 Å². The maximum absolute atomic E-state index is 6.20. The summed E-state index contributed by atoms with van der Waals surface area (Å²) in [6.45, 7) is 6.46. The molecule has 2 rings (SSSR count). The van der Waals surface area contributed by atoms with Crippen LogP contribution in [-0.4, -0.2) is 0 Å². The molecular formula is C15H18BrNS. The molecule has 0 aliphatic carbocycles. The van der Waals surface area contributed by atoms with Crippen LogP contribution in [0.3, 0.4) is 0 Å². The van der Waals surface area contributed by atoms with Gasteiger partial charge in [0.25, 0.3) is 0 Å². The predicted molar refractivity (Wildman–Crippen MR) is 84.0 cm³/mol. The first-order valence-corrected chi connectivity index (χ1v) is 7.72. The lowest BCUT2D eigenvalue weighted by molar-refractivity contribution is 0.521. The maximum atomic E-state index is 6.20. The van der Waals surface area contributed by atoms with Crippen molar-refractivity contribution in [1.29, 1.82) is 0 Å². The highest BCUT2D eigenvalue weighted by molar-refractivity contribution is 9.10.